The fourth-order valence-corrected chi connectivity index (χ4v) is 1.25. The molecule has 0 radical (unpaired) electrons. The number of nitrogens with two attached hydrogens (primary N) is 1. The van der Waals surface area contributed by atoms with Gasteiger partial charge in [0.05, 0.1) is 0 Å². The van der Waals surface area contributed by atoms with Gasteiger partial charge < -0.3 is 20.2 Å². The van der Waals surface area contributed by atoms with Gasteiger partial charge in [-0.3, -0.25) is 0 Å². The fourth-order valence-electron chi connectivity index (χ4n) is 1.25. The van der Waals surface area contributed by atoms with Crippen LogP contribution in [0.1, 0.15) is 19.2 Å². The second-order valence-electron chi connectivity index (χ2n) is 2.98. The van der Waals surface area contributed by atoms with Crippen LogP contribution in [0, 0.1) is 0 Å². The number of hydrogen-bond donors (Lipinski definition) is 2. The third kappa shape index (κ3) is 3.25. The average molecular weight is 212 g/mol. The summed E-state index contributed by atoms with van der Waals surface area (Å²) in [7, 11) is 0. The van der Waals surface area contributed by atoms with Gasteiger partial charge in [0.15, 0.2) is 5.82 Å². The fraction of sp³-hybridized carbons (Fsp3) is 0.556. The number of oxime groups is 1. The molecule has 0 saturated heterocycles. The third-order valence-corrected chi connectivity index (χ3v) is 1.94. The summed E-state index contributed by atoms with van der Waals surface area (Å²) in [6.07, 6.45) is 4.28. The molecule has 15 heavy (non-hydrogen) atoms. The van der Waals surface area contributed by atoms with Crippen LogP contribution in [0.2, 0.25) is 0 Å². The van der Waals surface area contributed by atoms with Crippen LogP contribution in [0.4, 0.5) is 0 Å². The monoisotopic (exact) mass is 212 g/mol. The zero-order chi connectivity index (χ0) is 11.1. The van der Waals surface area contributed by atoms with Crippen LogP contribution in [0.3, 0.4) is 0 Å². The number of aromatic nitrogens is 2. The van der Waals surface area contributed by atoms with Crippen molar-refractivity contribution in [2.24, 2.45) is 10.9 Å². The van der Waals surface area contributed by atoms with Crippen LogP contribution >= 0.6 is 0 Å². The molecule has 1 rings (SSSR count). The Hall–Kier alpha value is -1.56. The van der Waals surface area contributed by atoms with E-state index < -0.39 is 0 Å². The lowest BCUT2D eigenvalue weighted by Gasteiger charge is -2.06. The summed E-state index contributed by atoms with van der Waals surface area (Å²) in [6, 6.07) is 0. The molecule has 0 atom stereocenters. The molecule has 0 aliphatic heterocycles. The molecular formula is C9H16N4O2. The maximum Gasteiger partial charge on any atom is 0.206 e. The summed E-state index contributed by atoms with van der Waals surface area (Å²) in [5.41, 5.74) is 5.46. The molecule has 84 valence electrons. The van der Waals surface area contributed by atoms with E-state index >= 15 is 0 Å². The molecule has 0 bridgehead atoms. The van der Waals surface area contributed by atoms with Gasteiger partial charge in [0.2, 0.25) is 5.84 Å². The minimum Gasteiger partial charge on any atom is -0.409 e. The van der Waals surface area contributed by atoms with Crippen molar-refractivity contribution in [2.45, 2.75) is 19.9 Å². The van der Waals surface area contributed by atoms with Gasteiger partial charge in [-0.05, 0) is 13.3 Å². The summed E-state index contributed by atoms with van der Waals surface area (Å²) in [5.74, 6) is 0.505. The summed E-state index contributed by atoms with van der Waals surface area (Å²) in [5, 5.41) is 11.4. The molecule has 0 fully saturated rings. The first kappa shape index (κ1) is 11.5. The van der Waals surface area contributed by atoms with Crippen molar-refractivity contribution < 1.29 is 9.94 Å². The van der Waals surface area contributed by atoms with Crippen LogP contribution in [-0.2, 0) is 11.3 Å². The maximum atomic E-state index is 8.53. The minimum atomic E-state index is 0.0245. The minimum absolute atomic E-state index is 0.0245. The number of imidazole rings is 1. The Morgan fingerprint density at radius 2 is 2.53 bits per heavy atom. The lowest BCUT2D eigenvalue weighted by Crippen LogP contribution is -2.20. The Morgan fingerprint density at radius 1 is 1.73 bits per heavy atom. The molecular weight excluding hydrogens is 196 g/mol. The van der Waals surface area contributed by atoms with E-state index in [1.165, 1.54) is 0 Å². The van der Waals surface area contributed by atoms with Crippen LogP contribution in [0.5, 0.6) is 0 Å². The van der Waals surface area contributed by atoms with Gasteiger partial charge in [-0.15, -0.1) is 0 Å². The summed E-state index contributed by atoms with van der Waals surface area (Å²) >= 11 is 0. The van der Waals surface area contributed by atoms with Gasteiger partial charge in [-0.2, -0.15) is 0 Å². The smallest absolute Gasteiger partial charge is 0.206 e. The molecule has 1 aromatic rings. The van der Waals surface area contributed by atoms with Crippen molar-refractivity contribution in [3.05, 3.63) is 18.2 Å². The molecule has 0 aromatic carbocycles. The first-order valence-electron chi connectivity index (χ1n) is 4.86. The molecule has 1 aromatic heterocycles. The van der Waals surface area contributed by atoms with E-state index in [9.17, 15) is 0 Å². The number of nitrogens with zero attached hydrogens (tertiary/aromatic N) is 3. The van der Waals surface area contributed by atoms with E-state index in [4.69, 9.17) is 15.7 Å². The predicted molar refractivity (Wildman–Crippen MR) is 55.8 cm³/mol. The molecule has 0 saturated carbocycles. The molecule has 0 aliphatic carbocycles. The molecule has 1 heterocycles. The van der Waals surface area contributed by atoms with Crippen molar-refractivity contribution >= 4 is 5.84 Å². The predicted octanol–water partition coefficient (Wildman–Crippen LogP) is 0.404. The highest BCUT2D eigenvalue weighted by Gasteiger charge is 2.06. The number of hydrogen-bond acceptors (Lipinski definition) is 4. The third-order valence-electron chi connectivity index (χ3n) is 1.94. The van der Waals surface area contributed by atoms with Crippen molar-refractivity contribution in [1.82, 2.24) is 9.55 Å². The Kier molecular flexibility index (Phi) is 4.62. The van der Waals surface area contributed by atoms with E-state index in [0.717, 1.165) is 19.6 Å². The highest BCUT2D eigenvalue weighted by molar-refractivity contribution is 5.93. The van der Waals surface area contributed by atoms with Crippen LogP contribution in [0.15, 0.2) is 17.5 Å². The second-order valence-corrected chi connectivity index (χ2v) is 2.98. The molecule has 0 spiro atoms. The largest absolute Gasteiger partial charge is 0.409 e. The molecule has 6 heteroatoms. The van der Waals surface area contributed by atoms with Gasteiger partial charge in [0.25, 0.3) is 0 Å². The zero-order valence-corrected chi connectivity index (χ0v) is 8.76. The number of ether oxygens (including phenoxy) is 1. The highest BCUT2D eigenvalue weighted by Crippen LogP contribution is 1.99. The first-order valence-corrected chi connectivity index (χ1v) is 4.86. The van der Waals surface area contributed by atoms with Crippen molar-refractivity contribution in [3.8, 4) is 0 Å². The summed E-state index contributed by atoms with van der Waals surface area (Å²) in [6.45, 7) is 4.12. The SMILES string of the molecule is CCOCCCn1ccnc1C(N)=NO. The van der Waals surface area contributed by atoms with Gasteiger partial charge in [0, 0.05) is 32.2 Å². The second kappa shape index (κ2) is 6.02. The molecule has 3 N–H and O–H groups in total. The number of aryl methyl sites for hydroxylation is 1. The highest BCUT2D eigenvalue weighted by atomic mass is 16.5. The van der Waals surface area contributed by atoms with Crippen LogP contribution in [-0.4, -0.2) is 33.8 Å². The number of rotatable bonds is 6. The van der Waals surface area contributed by atoms with E-state index in [2.05, 4.69) is 10.1 Å². The lowest BCUT2D eigenvalue weighted by atomic mass is 10.4. The van der Waals surface area contributed by atoms with Crippen LogP contribution in [0.25, 0.3) is 0 Å². The Labute approximate surface area is 88.4 Å². The quantitative estimate of drug-likeness (QED) is 0.235. The summed E-state index contributed by atoms with van der Waals surface area (Å²) < 4.78 is 7.04. The first-order chi connectivity index (χ1) is 7.29. The topological polar surface area (TPSA) is 85.7 Å². The molecule has 6 nitrogen and oxygen atoms in total. The van der Waals surface area contributed by atoms with E-state index in [0.29, 0.717) is 12.4 Å². The molecule has 0 aliphatic rings. The normalized spacial score (nSPS) is 11.9. The van der Waals surface area contributed by atoms with Crippen molar-refractivity contribution in [1.29, 1.82) is 0 Å². The van der Waals surface area contributed by atoms with E-state index in [-0.39, 0.29) is 5.84 Å². The van der Waals surface area contributed by atoms with Gasteiger partial charge in [-0.1, -0.05) is 5.16 Å². The number of amidine groups is 1. The average Bonchev–Trinajstić information content (AvgIpc) is 2.71. The van der Waals surface area contributed by atoms with E-state index in [1.54, 1.807) is 12.4 Å². The standard InChI is InChI=1S/C9H16N4O2/c1-2-15-7-3-5-13-6-4-11-9(13)8(10)12-14/h4,6,14H,2-3,5,7H2,1H3,(H2,10,12). The Bertz CT molecular complexity index is 322. The van der Waals surface area contributed by atoms with Gasteiger partial charge >= 0.3 is 0 Å². The maximum absolute atomic E-state index is 8.53. The van der Waals surface area contributed by atoms with Crippen molar-refractivity contribution in [2.75, 3.05) is 13.2 Å². The van der Waals surface area contributed by atoms with E-state index in [1.807, 2.05) is 11.5 Å². The van der Waals surface area contributed by atoms with Crippen molar-refractivity contribution in [3.63, 3.8) is 0 Å². The zero-order valence-electron chi connectivity index (χ0n) is 8.76. The van der Waals surface area contributed by atoms with Crippen LogP contribution < -0.4 is 5.73 Å². The lowest BCUT2D eigenvalue weighted by molar-refractivity contribution is 0.141. The summed E-state index contributed by atoms with van der Waals surface area (Å²) in [4.78, 5) is 3.99. The Balaban J connectivity index is 2.50. The Morgan fingerprint density at radius 3 is 3.20 bits per heavy atom. The van der Waals surface area contributed by atoms with Gasteiger partial charge in [-0.25, -0.2) is 4.98 Å². The molecule has 0 unspecified atom stereocenters. The molecule has 0 amide bonds. The van der Waals surface area contributed by atoms with Gasteiger partial charge in [0.1, 0.15) is 0 Å².